The largest absolute Gasteiger partial charge is 0.399 e. The lowest BCUT2D eigenvalue weighted by molar-refractivity contribution is -0.0989. The first kappa shape index (κ1) is 34.6. The van der Waals surface area contributed by atoms with Crippen LogP contribution in [0.3, 0.4) is 0 Å². The van der Waals surface area contributed by atoms with Crippen molar-refractivity contribution in [2.45, 2.75) is 200 Å². The summed E-state index contributed by atoms with van der Waals surface area (Å²) in [6.07, 6.45) is 30.2. The second-order valence-corrected chi connectivity index (χ2v) is 23.6. The molecule has 56 heavy (non-hydrogen) atoms. The fraction of sp³-hybridized carbons (Fsp3) is 0.880. The van der Waals surface area contributed by atoms with Crippen LogP contribution in [0.1, 0.15) is 140 Å². The molecule has 13 fully saturated rings. The van der Waals surface area contributed by atoms with E-state index in [1.165, 1.54) is 90.1 Å². The summed E-state index contributed by atoms with van der Waals surface area (Å²) >= 11 is 0. The number of benzene rings is 1. The Labute approximate surface area is 339 Å². The van der Waals surface area contributed by atoms with E-state index in [0.29, 0.717) is 5.92 Å². The van der Waals surface area contributed by atoms with Gasteiger partial charge in [-0.3, -0.25) is 9.80 Å². The van der Waals surface area contributed by atoms with Gasteiger partial charge in [0, 0.05) is 54.0 Å². The molecule has 6 heterocycles. The summed E-state index contributed by atoms with van der Waals surface area (Å²) < 4.78 is 0. The minimum Gasteiger partial charge on any atom is -0.399 e. The van der Waals surface area contributed by atoms with E-state index in [1.807, 2.05) is 0 Å². The van der Waals surface area contributed by atoms with Gasteiger partial charge in [0.15, 0.2) is 6.71 Å². The first-order valence-corrected chi connectivity index (χ1v) is 25.6. The van der Waals surface area contributed by atoms with Gasteiger partial charge in [-0.15, -0.1) is 0 Å². The average molecular weight is 756 g/mol. The van der Waals surface area contributed by atoms with Crippen molar-refractivity contribution in [3.05, 3.63) is 29.8 Å². The maximum atomic E-state index is 6.45. The number of anilines is 1. The lowest BCUT2D eigenvalue weighted by Crippen LogP contribution is -2.80. The molecule has 6 aliphatic heterocycles. The van der Waals surface area contributed by atoms with Gasteiger partial charge in [0.25, 0.3) is 0 Å². The molecule has 0 aromatic heterocycles. The monoisotopic (exact) mass is 756 g/mol. The molecular formula is C50H74BN5. The molecule has 6 saturated heterocycles. The predicted octanol–water partition coefficient (Wildman–Crippen LogP) is 8.83. The van der Waals surface area contributed by atoms with E-state index in [2.05, 4.69) is 44.7 Å². The van der Waals surface area contributed by atoms with Crippen molar-refractivity contribution in [1.29, 1.82) is 0 Å². The van der Waals surface area contributed by atoms with Crippen molar-refractivity contribution in [2.24, 2.45) is 59.2 Å². The summed E-state index contributed by atoms with van der Waals surface area (Å²) in [7, 11) is 0. The van der Waals surface area contributed by atoms with Crippen LogP contribution in [0, 0.1) is 59.2 Å². The fourth-order valence-electron chi connectivity index (χ4n) is 21.5. The Balaban J connectivity index is 0.981. The van der Waals surface area contributed by atoms with E-state index in [1.54, 1.807) is 56.9 Å². The van der Waals surface area contributed by atoms with E-state index in [0.717, 1.165) is 137 Å². The Hall–Kier alpha value is -1.08. The maximum Gasteiger partial charge on any atom is 0.160 e. The van der Waals surface area contributed by atoms with Crippen LogP contribution < -0.4 is 16.4 Å². The van der Waals surface area contributed by atoms with Crippen molar-refractivity contribution in [3.63, 3.8) is 0 Å². The summed E-state index contributed by atoms with van der Waals surface area (Å²) in [6, 6.07) is 16.0. The van der Waals surface area contributed by atoms with Crippen LogP contribution in [0.4, 0.5) is 5.69 Å². The Morgan fingerprint density at radius 2 is 0.946 bits per heavy atom. The molecule has 20 atom stereocenters. The van der Waals surface area contributed by atoms with Gasteiger partial charge >= 0.3 is 0 Å². The van der Waals surface area contributed by atoms with Gasteiger partial charge in [0.2, 0.25) is 0 Å². The second kappa shape index (κ2) is 13.0. The summed E-state index contributed by atoms with van der Waals surface area (Å²) in [5, 5.41) is 9.06. The van der Waals surface area contributed by atoms with Crippen LogP contribution in [0.25, 0.3) is 0 Å². The molecular weight excluding hydrogens is 681 g/mol. The molecule has 13 aliphatic rings. The van der Waals surface area contributed by atoms with Crippen LogP contribution in [-0.2, 0) is 0 Å². The number of fused-ring (bicyclic) bond motifs is 8. The minimum absolute atomic E-state index is 0.671. The molecule has 7 saturated carbocycles. The van der Waals surface area contributed by atoms with Gasteiger partial charge in [-0.2, -0.15) is 0 Å². The molecule has 6 heteroatoms. The molecule has 7 aliphatic carbocycles. The molecule has 0 spiro atoms. The third-order valence-corrected chi connectivity index (χ3v) is 22.4. The summed E-state index contributed by atoms with van der Waals surface area (Å²) in [5.74, 6) is 13.0. The number of hydrogen-bond acceptors (Lipinski definition) is 5. The zero-order chi connectivity index (χ0) is 36.4. The highest BCUT2D eigenvalue weighted by molar-refractivity contribution is 6.65. The molecule has 20 unspecified atom stereocenters. The number of rotatable bonds is 1. The van der Waals surface area contributed by atoms with Gasteiger partial charge in [0.05, 0.1) is 0 Å². The number of nitrogens with two attached hydrogens (primary N) is 1. The van der Waals surface area contributed by atoms with Gasteiger partial charge in [-0.1, -0.05) is 76.3 Å². The van der Waals surface area contributed by atoms with Crippen LogP contribution >= 0.6 is 0 Å². The first-order valence-electron chi connectivity index (χ1n) is 25.6. The molecule has 5 nitrogen and oxygen atoms in total. The molecule has 0 radical (unpaired) electrons. The van der Waals surface area contributed by atoms with E-state index in [-0.39, 0.29) is 0 Å². The van der Waals surface area contributed by atoms with Crippen molar-refractivity contribution in [1.82, 2.24) is 20.4 Å². The highest BCUT2D eigenvalue weighted by Gasteiger charge is 2.72. The first-order chi connectivity index (χ1) is 27.7. The smallest absolute Gasteiger partial charge is 0.160 e. The van der Waals surface area contributed by atoms with Gasteiger partial charge < -0.3 is 16.4 Å². The number of nitrogens with zero attached hydrogens (tertiary/aromatic N) is 2. The van der Waals surface area contributed by atoms with Crippen molar-refractivity contribution in [3.8, 4) is 0 Å². The summed E-state index contributed by atoms with van der Waals surface area (Å²) in [5.41, 5.74) is 9.04. The maximum absolute atomic E-state index is 6.45. The van der Waals surface area contributed by atoms with Crippen molar-refractivity contribution >= 4 is 12.4 Å². The molecule has 1 aromatic carbocycles. The molecule has 302 valence electrons. The Bertz CT molecular complexity index is 1570. The number of nitrogens with one attached hydrogen (secondary N) is 2. The third kappa shape index (κ3) is 4.66. The van der Waals surface area contributed by atoms with E-state index >= 15 is 0 Å². The van der Waals surface area contributed by atoms with Crippen LogP contribution in [0.2, 0.25) is 17.5 Å². The van der Waals surface area contributed by atoms with E-state index < -0.39 is 0 Å². The van der Waals surface area contributed by atoms with E-state index in [4.69, 9.17) is 5.73 Å². The zero-order valence-electron chi connectivity index (χ0n) is 34.6. The third-order valence-electron chi connectivity index (χ3n) is 22.4. The van der Waals surface area contributed by atoms with E-state index in [9.17, 15) is 0 Å². The number of piperidine rings is 2. The molecule has 14 rings (SSSR count). The standard InChI is InChI=1S/C50H74BN5/c52-31-21-19-27(20-22-31)30-23-42-48-43(24-30)56-41-18-4-10-29-8-2-12-33(45(29)41)35-14-6-16-39-47(35)50(56)37(26-54-39)51(48)36-25-53-38-15-5-13-34-32-11-1-7-28-9-3-17-40(44(28)32)55(42)49(36)46(34)38/h19-22,28-30,32-50,53-54H,1-18,23-26,52H2. The van der Waals surface area contributed by atoms with Gasteiger partial charge in [0.1, 0.15) is 0 Å². The SMILES string of the molecule is Nc1ccc(C2CC3C4B(C5CNC6CCCC7C8CCCC9CCCC(C98)N3C5C67)C3CNC5CCCC6C7CCCC8CCCC(C87)N(C4C2)C3C56)cc1. The average Bonchev–Trinajstić information content (AvgIpc) is 3.46. The van der Waals surface area contributed by atoms with Crippen LogP contribution in [0.5, 0.6) is 0 Å². The lowest BCUT2D eigenvalue weighted by atomic mass is 9.18. The highest BCUT2D eigenvalue weighted by Crippen LogP contribution is 2.69. The minimum atomic E-state index is 0.671. The van der Waals surface area contributed by atoms with Gasteiger partial charge in [-0.25, -0.2) is 0 Å². The van der Waals surface area contributed by atoms with Crippen LogP contribution in [0.15, 0.2) is 24.3 Å². The number of hydrogen-bond donors (Lipinski definition) is 3. The predicted molar refractivity (Wildman–Crippen MR) is 228 cm³/mol. The zero-order valence-corrected chi connectivity index (χ0v) is 34.6. The van der Waals surface area contributed by atoms with Gasteiger partial charge in [-0.05, 0) is 178 Å². The highest BCUT2D eigenvalue weighted by atomic mass is 15.3. The normalized spacial score (nSPS) is 56.5. The summed E-state index contributed by atoms with van der Waals surface area (Å²) in [4.78, 5) is 7.16. The fourth-order valence-corrected chi connectivity index (χ4v) is 21.5. The lowest BCUT2D eigenvalue weighted by Gasteiger charge is -2.72. The molecule has 0 amide bonds. The van der Waals surface area contributed by atoms with Crippen LogP contribution in [-0.4, -0.2) is 77.9 Å². The Morgan fingerprint density at radius 1 is 0.500 bits per heavy atom. The van der Waals surface area contributed by atoms with Crippen molar-refractivity contribution in [2.75, 3.05) is 18.8 Å². The Kier molecular flexibility index (Phi) is 8.02. The quantitative estimate of drug-likeness (QED) is 0.198. The summed E-state index contributed by atoms with van der Waals surface area (Å²) in [6.45, 7) is 3.56. The number of nitrogen functional groups attached to an aromatic ring is 1. The topological polar surface area (TPSA) is 56.6 Å². The second-order valence-electron chi connectivity index (χ2n) is 23.6. The molecule has 0 bridgehead atoms. The molecule has 4 N–H and O–H groups in total. The van der Waals surface area contributed by atoms with Crippen molar-refractivity contribution < 1.29 is 0 Å². The Morgan fingerprint density at radius 3 is 1.45 bits per heavy atom. The molecule has 1 aromatic rings.